The zero-order valence-corrected chi connectivity index (χ0v) is 15.8. The molecule has 0 saturated carbocycles. The molecule has 2 aromatic rings. The Kier molecular flexibility index (Phi) is 5.69. The van der Waals surface area contributed by atoms with Crippen molar-refractivity contribution in [2.75, 3.05) is 11.2 Å². The van der Waals surface area contributed by atoms with Gasteiger partial charge < -0.3 is 10.7 Å². The lowest BCUT2D eigenvalue weighted by Gasteiger charge is -2.20. The van der Waals surface area contributed by atoms with Crippen molar-refractivity contribution in [3.05, 3.63) is 27.7 Å². The van der Waals surface area contributed by atoms with E-state index < -0.39 is 0 Å². The molecule has 0 saturated heterocycles. The van der Waals surface area contributed by atoms with Crippen molar-refractivity contribution in [3.8, 4) is 0 Å². The van der Waals surface area contributed by atoms with E-state index in [0.29, 0.717) is 17.5 Å². The molecule has 0 spiro atoms. The van der Waals surface area contributed by atoms with Crippen molar-refractivity contribution < 1.29 is 4.79 Å². The van der Waals surface area contributed by atoms with Gasteiger partial charge >= 0.3 is 0 Å². The summed E-state index contributed by atoms with van der Waals surface area (Å²) in [6, 6.07) is 4.21. The molecule has 0 radical (unpaired) electrons. The number of hydrogen-bond acceptors (Lipinski definition) is 6. The molecule has 0 fully saturated rings. The van der Waals surface area contributed by atoms with E-state index in [2.05, 4.69) is 40.0 Å². The van der Waals surface area contributed by atoms with Gasteiger partial charge in [0, 0.05) is 15.3 Å². The summed E-state index contributed by atoms with van der Waals surface area (Å²) < 4.78 is 1.84. The first-order chi connectivity index (χ1) is 10.7. The van der Waals surface area contributed by atoms with Gasteiger partial charge in [0.1, 0.15) is 5.82 Å². The summed E-state index contributed by atoms with van der Waals surface area (Å²) in [7, 11) is 0. The predicted octanol–water partition coefficient (Wildman–Crippen LogP) is 2.71. The first-order valence-corrected chi connectivity index (χ1v) is 9.20. The molecule has 6 nitrogen and oxygen atoms in total. The van der Waals surface area contributed by atoms with Crippen molar-refractivity contribution in [2.24, 2.45) is 0 Å². The zero-order valence-electron chi connectivity index (χ0n) is 14.1. The van der Waals surface area contributed by atoms with E-state index in [4.69, 9.17) is 0 Å². The number of aromatic nitrogens is 3. The second-order valence-corrected chi connectivity index (χ2v) is 8.61. The molecule has 0 aliphatic carbocycles. The average molecular weight is 354 g/mol. The van der Waals surface area contributed by atoms with E-state index in [0.717, 1.165) is 5.82 Å². The summed E-state index contributed by atoms with van der Waals surface area (Å²) in [5, 5.41) is 11.9. The van der Waals surface area contributed by atoms with Crippen LogP contribution in [0.3, 0.4) is 0 Å². The highest BCUT2D eigenvalue weighted by atomic mass is 32.2. The summed E-state index contributed by atoms with van der Waals surface area (Å²) in [6.07, 6.45) is 0. The van der Waals surface area contributed by atoms with Crippen molar-refractivity contribution in [1.82, 2.24) is 20.2 Å². The number of aryl methyl sites for hydroxylation is 2. The van der Waals surface area contributed by atoms with Crippen LogP contribution >= 0.6 is 23.1 Å². The Labute approximate surface area is 145 Å². The van der Waals surface area contributed by atoms with E-state index >= 15 is 0 Å². The highest BCUT2D eigenvalue weighted by Crippen LogP contribution is 2.18. The van der Waals surface area contributed by atoms with Crippen LogP contribution in [-0.4, -0.2) is 32.1 Å². The lowest BCUT2D eigenvalue weighted by Crippen LogP contribution is -2.41. The average Bonchev–Trinajstić information content (AvgIpc) is 2.99. The SMILES string of the molecule is Cc1ccc(CNn2c(C)nnc2SCC(=O)NC(C)(C)C)s1. The number of rotatable bonds is 6. The fourth-order valence-corrected chi connectivity index (χ4v) is 3.52. The fraction of sp³-hybridized carbons (Fsp3) is 0.533. The molecule has 0 aromatic carbocycles. The van der Waals surface area contributed by atoms with Crippen LogP contribution in [0.25, 0.3) is 0 Å². The monoisotopic (exact) mass is 353 g/mol. The number of carbonyl (C=O) groups excluding carboxylic acids is 1. The van der Waals surface area contributed by atoms with E-state index in [1.165, 1.54) is 21.5 Å². The van der Waals surface area contributed by atoms with Crippen molar-refractivity contribution in [1.29, 1.82) is 0 Å². The lowest BCUT2D eigenvalue weighted by atomic mass is 10.1. The summed E-state index contributed by atoms with van der Waals surface area (Å²) in [6.45, 7) is 10.6. The molecule has 23 heavy (non-hydrogen) atoms. The van der Waals surface area contributed by atoms with E-state index in [9.17, 15) is 4.79 Å². The smallest absolute Gasteiger partial charge is 0.230 e. The van der Waals surface area contributed by atoms with Gasteiger partial charge in [0.15, 0.2) is 0 Å². The van der Waals surface area contributed by atoms with Crippen LogP contribution in [0.15, 0.2) is 17.3 Å². The van der Waals surface area contributed by atoms with Crippen LogP contribution < -0.4 is 10.7 Å². The molecular formula is C15H23N5OS2. The molecule has 0 unspecified atom stereocenters. The standard InChI is InChI=1S/C15H23N5OS2/c1-10-6-7-12(23-10)8-16-20-11(2)18-19-14(20)22-9-13(21)17-15(3,4)5/h6-7,16H,8-9H2,1-5H3,(H,17,21). The highest BCUT2D eigenvalue weighted by molar-refractivity contribution is 7.99. The molecule has 0 aliphatic rings. The number of amides is 1. The summed E-state index contributed by atoms with van der Waals surface area (Å²) in [4.78, 5) is 14.5. The molecule has 2 heterocycles. The molecule has 8 heteroatoms. The number of thioether (sulfide) groups is 1. The normalized spacial score (nSPS) is 11.5. The summed E-state index contributed by atoms with van der Waals surface area (Å²) >= 11 is 3.13. The maximum Gasteiger partial charge on any atom is 0.230 e. The Balaban J connectivity index is 1.94. The Bertz CT molecular complexity index is 672. The Hall–Kier alpha value is -1.54. The topological polar surface area (TPSA) is 71.8 Å². The predicted molar refractivity (Wildman–Crippen MR) is 95.5 cm³/mol. The van der Waals surface area contributed by atoms with E-state index in [-0.39, 0.29) is 11.4 Å². The maximum atomic E-state index is 11.9. The molecule has 0 bridgehead atoms. The number of carbonyl (C=O) groups is 1. The molecule has 2 N–H and O–H groups in total. The van der Waals surface area contributed by atoms with Crippen LogP contribution in [0.1, 0.15) is 36.3 Å². The van der Waals surface area contributed by atoms with Gasteiger partial charge in [0.25, 0.3) is 0 Å². The van der Waals surface area contributed by atoms with Gasteiger partial charge in [0.2, 0.25) is 11.1 Å². The number of hydrogen-bond donors (Lipinski definition) is 2. The molecular weight excluding hydrogens is 330 g/mol. The third-order valence-corrected chi connectivity index (χ3v) is 4.78. The van der Waals surface area contributed by atoms with Gasteiger partial charge in [-0.25, -0.2) is 4.68 Å². The third kappa shape index (κ3) is 5.54. The second-order valence-electron chi connectivity index (χ2n) is 6.30. The van der Waals surface area contributed by atoms with Crippen molar-refractivity contribution in [2.45, 2.75) is 51.9 Å². The summed E-state index contributed by atoms with van der Waals surface area (Å²) in [5.74, 6) is 1.08. The minimum absolute atomic E-state index is 0.0106. The number of nitrogens with one attached hydrogen (secondary N) is 2. The molecule has 0 aliphatic heterocycles. The maximum absolute atomic E-state index is 11.9. The summed E-state index contributed by atoms with van der Waals surface area (Å²) in [5.41, 5.74) is 3.09. The van der Waals surface area contributed by atoms with Gasteiger partial charge in [-0.2, -0.15) is 0 Å². The Morgan fingerprint density at radius 1 is 1.30 bits per heavy atom. The Morgan fingerprint density at radius 3 is 2.65 bits per heavy atom. The lowest BCUT2D eigenvalue weighted by molar-refractivity contribution is -0.119. The van der Waals surface area contributed by atoms with Crippen molar-refractivity contribution >= 4 is 29.0 Å². The molecule has 2 aromatic heterocycles. The van der Waals surface area contributed by atoms with Crippen molar-refractivity contribution in [3.63, 3.8) is 0 Å². The van der Waals surface area contributed by atoms with Crippen LogP contribution in [0.4, 0.5) is 0 Å². The first kappa shape index (κ1) is 17.8. The van der Waals surface area contributed by atoms with Crippen LogP contribution in [0.2, 0.25) is 0 Å². The van der Waals surface area contributed by atoms with Gasteiger partial charge in [-0.1, -0.05) is 11.8 Å². The van der Waals surface area contributed by atoms with E-state index in [1.54, 1.807) is 11.3 Å². The number of nitrogens with zero attached hydrogens (tertiary/aromatic N) is 3. The van der Waals surface area contributed by atoms with Crippen LogP contribution in [-0.2, 0) is 11.3 Å². The molecule has 1 amide bonds. The second kappa shape index (κ2) is 7.35. The first-order valence-electron chi connectivity index (χ1n) is 7.39. The molecule has 126 valence electrons. The van der Waals surface area contributed by atoms with Gasteiger partial charge in [-0.05, 0) is 46.8 Å². The van der Waals surface area contributed by atoms with Crippen LogP contribution in [0.5, 0.6) is 0 Å². The Morgan fingerprint density at radius 2 is 2.04 bits per heavy atom. The number of thiophene rings is 1. The van der Waals surface area contributed by atoms with Gasteiger partial charge in [0.05, 0.1) is 12.3 Å². The minimum atomic E-state index is -0.226. The van der Waals surface area contributed by atoms with Crippen LogP contribution in [0, 0.1) is 13.8 Å². The third-order valence-electron chi connectivity index (χ3n) is 2.85. The highest BCUT2D eigenvalue weighted by Gasteiger charge is 2.16. The quantitative estimate of drug-likeness (QED) is 0.781. The zero-order chi connectivity index (χ0) is 17.0. The van der Waals surface area contributed by atoms with Gasteiger partial charge in [-0.15, -0.1) is 21.5 Å². The molecule has 2 rings (SSSR count). The van der Waals surface area contributed by atoms with Gasteiger partial charge in [-0.3, -0.25) is 4.79 Å². The largest absolute Gasteiger partial charge is 0.351 e. The van der Waals surface area contributed by atoms with E-state index in [1.807, 2.05) is 32.4 Å². The minimum Gasteiger partial charge on any atom is -0.351 e. The molecule has 0 atom stereocenters. The fourth-order valence-electron chi connectivity index (χ4n) is 1.94.